The molecule has 0 bridgehead atoms. The van der Waals surface area contributed by atoms with Gasteiger partial charge in [0, 0.05) is 60.5 Å². The Morgan fingerprint density at radius 1 is 1.16 bits per heavy atom. The van der Waals surface area contributed by atoms with Crippen molar-refractivity contribution < 1.29 is 23.4 Å². The van der Waals surface area contributed by atoms with Crippen LogP contribution < -0.4 is 9.64 Å². The van der Waals surface area contributed by atoms with Gasteiger partial charge in [0.25, 0.3) is 0 Å². The molecule has 3 aromatic heterocycles. The molecule has 0 amide bonds. The first-order chi connectivity index (χ1) is 17.7. The van der Waals surface area contributed by atoms with Crippen LogP contribution in [0, 0.1) is 12.3 Å². The molecule has 1 aliphatic rings. The fourth-order valence-corrected chi connectivity index (χ4v) is 4.85. The average molecular weight is 508 g/mol. The summed E-state index contributed by atoms with van der Waals surface area (Å²) in [4.78, 5) is 27.3. The number of para-hydroxylation sites is 1. The lowest BCUT2D eigenvalue weighted by atomic mass is 9.82. The molecule has 0 aliphatic carbocycles. The van der Waals surface area contributed by atoms with E-state index in [1.165, 1.54) is 6.07 Å². The summed E-state index contributed by atoms with van der Waals surface area (Å²) in [6, 6.07) is 10.6. The molecule has 0 saturated carbocycles. The number of pyridine rings is 1. The van der Waals surface area contributed by atoms with Gasteiger partial charge in [-0.2, -0.15) is 8.78 Å². The molecule has 8 nitrogen and oxygen atoms in total. The second-order valence-electron chi connectivity index (χ2n) is 9.62. The Morgan fingerprint density at radius 2 is 1.92 bits per heavy atom. The van der Waals surface area contributed by atoms with Crippen molar-refractivity contribution in [2.24, 2.45) is 5.41 Å². The second kappa shape index (κ2) is 9.76. The SMILES string of the molecule is Cc1nc2ccc(-c3cnc(N4CCCC(C)(C(=O)O)C4)nc3)cn2c1Cc1ccccc1OC(F)F. The van der Waals surface area contributed by atoms with Crippen molar-refractivity contribution in [3.8, 4) is 16.9 Å². The highest BCUT2D eigenvalue weighted by molar-refractivity contribution is 5.75. The quantitative estimate of drug-likeness (QED) is 0.377. The maximum Gasteiger partial charge on any atom is 0.387 e. The Morgan fingerprint density at radius 3 is 2.65 bits per heavy atom. The number of rotatable bonds is 7. The zero-order valence-corrected chi connectivity index (χ0v) is 20.6. The number of alkyl halides is 2. The summed E-state index contributed by atoms with van der Waals surface area (Å²) in [5.41, 5.74) is 3.87. The molecule has 1 aromatic carbocycles. The number of benzene rings is 1. The van der Waals surface area contributed by atoms with Crippen LogP contribution in [0.1, 0.15) is 36.7 Å². The fourth-order valence-electron chi connectivity index (χ4n) is 4.85. The van der Waals surface area contributed by atoms with Gasteiger partial charge in [0.2, 0.25) is 5.95 Å². The number of imidazole rings is 1. The fraction of sp³-hybridized carbons (Fsp3) is 0.333. The number of carboxylic acids is 1. The number of carboxylic acid groups (broad SMARTS) is 1. The summed E-state index contributed by atoms with van der Waals surface area (Å²) in [6.45, 7) is 1.82. The molecule has 0 spiro atoms. The van der Waals surface area contributed by atoms with Crippen molar-refractivity contribution in [2.45, 2.75) is 39.7 Å². The first kappa shape index (κ1) is 24.6. The van der Waals surface area contributed by atoms with Gasteiger partial charge in [0.05, 0.1) is 11.1 Å². The number of nitrogens with zero attached hydrogens (tertiary/aromatic N) is 5. The van der Waals surface area contributed by atoms with E-state index in [4.69, 9.17) is 4.74 Å². The van der Waals surface area contributed by atoms with Crippen molar-refractivity contribution in [3.05, 3.63) is 71.9 Å². The van der Waals surface area contributed by atoms with E-state index in [1.807, 2.05) is 34.6 Å². The maximum atomic E-state index is 12.9. The van der Waals surface area contributed by atoms with Crippen molar-refractivity contribution in [2.75, 3.05) is 18.0 Å². The Hall–Kier alpha value is -4.08. The van der Waals surface area contributed by atoms with Crippen LogP contribution in [-0.4, -0.2) is 50.1 Å². The molecule has 0 radical (unpaired) electrons. The molecule has 1 unspecified atom stereocenters. The second-order valence-corrected chi connectivity index (χ2v) is 9.62. The molecular formula is C27H27F2N5O3. The van der Waals surface area contributed by atoms with Gasteiger partial charge in [-0.05, 0) is 44.9 Å². The highest BCUT2D eigenvalue weighted by Gasteiger charge is 2.38. The third-order valence-electron chi connectivity index (χ3n) is 6.93. The number of aliphatic carboxylic acids is 1. The number of halogens is 2. The smallest absolute Gasteiger partial charge is 0.387 e. The Balaban J connectivity index is 1.43. The van der Waals surface area contributed by atoms with Gasteiger partial charge >= 0.3 is 12.6 Å². The van der Waals surface area contributed by atoms with Crippen LogP contribution >= 0.6 is 0 Å². The summed E-state index contributed by atoms with van der Waals surface area (Å²) < 4.78 is 32.4. The Kier molecular flexibility index (Phi) is 6.49. The molecule has 1 atom stereocenters. The minimum absolute atomic E-state index is 0.142. The Labute approximate surface area is 212 Å². The van der Waals surface area contributed by atoms with E-state index in [0.29, 0.717) is 37.4 Å². The van der Waals surface area contributed by atoms with Gasteiger partial charge in [0.1, 0.15) is 11.4 Å². The zero-order chi connectivity index (χ0) is 26.2. The van der Waals surface area contributed by atoms with Crippen LogP contribution in [0.2, 0.25) is 0 Å². The van der Waals surface area contributed by atoms with Gasteiger partial charge in [-0.25, -0.2) is 15.0 Å². The van der Waals surface area contributed by atoms with E-state index in [0.717, 1.165) is 34.6 Å². The summed E-state index contributed by atoms with van der Waals surface area (Å²) in [7, 11) is 0. The number of aromatic nitrogens is 4. The first-order valence-electron chi connectivity index (χ1n) is 12.0. The Bertz CT molecular complexity index is 1440. The predicted octanol–water partition coefficient (Wildman–Crippen LogP) is 4.98. The van der Waals surface area contributed by atoms with Gasteiger partial charge in [0.15, 0.2) is 0 Å². The summed E-state index contributed by atoms with van der Waals surface area (Å²) in [6.07, 6.45) is 7.14. The molecule has 1 fully saturated rings. The van der Waals surface area contributed by atoms with E-state index < -0.39 is 18.0 Å². The molecule has 1 saturated heterocycles. The van der Waals surface area contributed by atoms with Gasteiger partial charge in [-0.15, -0.1) is 0 Å². The topological polar surface area (TPSA) is 92.9 Å². The zero-order valence-electron chi connectivity index (χ0n) is 20.6. The summed E-state index contributed by atoms with van der Waals surface area (Å²) in [5, 5.41) is 9.60. The molecule has 37 heavy (non-hydrogen) atoms. The number of carbonyl (C=O) groups is 1. The van der Waals surface area contributed by atoms with Crippen LogP contribution in [0.25, 0.3) is 16.8 Å². The number of hydrogen-bond acceptors (Lipinski definition) is 6. The molecule has 4 heterocycles. The molecule has 5 rings (SSSR count). The highest BCUT2D eigenvalue weighted by atomic mass is 19.3. The molecular weight excluding hydrogens is 480 g/mol. The van der Waals surface area contributed by atoms with E-state index in [-0.39, 0.29) is 5.75 Å². The molecule has 192 valence electrons. The van der Waals surface area contributed by atoms with Crippen LogP contribution in [-0.2, 0) is 11.2 Å². The van der Waals surface area contributed by atoms with Crippen molar-refractivity contribution in [1.82, 2.24) is 19.4 Å². The normalized spacial score (nSPS) is 17.9. The monoisotopic (exact) mass is 507 g/mol. The third kappa shape index (κ3) is 4.96. The average Bonchev–Trinajstić information content (AvgIpc) is 3.19. The number of fused-ring (bicyclic) bond motifs is 1. The number of anilines is 1. The van der Waals surface area contributed by atoms with Gasteiger partial charge in [-0.3, -0.25) is 4.79 Å². The number of hydrogen-bond donors (Lipinski definition) is 1. The number of piperidine rings is 1. The van der Waals surface area contributed by atoms with E-state index >= 15 is 0 Å². The largest absolute Gasteiger partial charge is 0.481 e. The maximum absolute atomic E-state index is 12.9. The van der Waals surface area contributed by atoms with Gasteiger partial charge < -0.3 is 19.1 Å². The van der Waals surface area contributed by atoms with Crippen LogP contribution in [0.5, 0.6) is 5.75 Å². The number of ether oxygens (including phenoxy) is 1. The van der Waals surface area contributed by atoms with Crippen molar-refractivity contribution in [1.29, 1.82) is 0 Å². The lowest BCUT2D eigenvalue weighted by molar-refractivity contribution is -0.148. The lowest BCUT2D eigenvalue weighted by Crippen LogP contribution is -2.46. The highest BCUT2D eigenvalue weighted by Crippen LogP contribution is 2.32. The van der Waals surface area contributed by atoms with E-state index in [1.54, 1.807) is 37.5 Å². The van der Waals surface area contributed by atoms with Gasteiger partial charge in [-0.1, -0.05) is 18.2 Å². The van der Waals surface area contributed by atoms with Crippen LogP contribution in [0.15, 0.2) is 55.0 Å². The van der Waals surface area contributed by atoms with Crippen LogP contribution in [0.3, 0.4) is 0 Å². The predicted molar refractivity (Wildman–Crippen MR) is 134 cm³/mol. The summed E-state index contributed by atoms with van der Waals surface area (Å²) in [5.74, 6) is -0.160. The molecule has 1 N–H and O–H groups in total. The molecule has 4 aromatic rings. The van der Waals surface area contributed by atoms with Crippen molar-refractivity contribution in [3.63, 3.8) is 0 Å². The molecule has 1 aliphatic heterocycles. The third-order valence-corrected chi connectivity index (χ3v) is 6.93. The lowest BCUT2D eigenvalue weighted by Gasteiger charge is -2.37. The minimum Gasteiger partial charge on any atom is -0.481 e. The first-order valence-corrected chi connectivity index (χ1v) is 12.0. The standard InChI is InChI=1S/C27H27F2N5O3/c1-17-21(12-18-6-3-4-7-22(18)37-25(28)29)34-15-19(8-9-23(34)32-17)20-13-30-26(31-14-20)33-11-5-10-27(2,16-33)24(35)36/h3-4,6-9,13-15,25H,5,10-12,16H2,1-2H3,(H,35,36). The van der Waals surface area contributed by atoms with E-state index in [9.17, 15) is 18.7 Å². The summed E-state index contributed by atoms with van der Waals surface area (Å²) >= 11 is 0. The minimum atomic E-state index is -2.90. The van der Waals surface area contributed by atoms with Crippen molar-refractivity contribution >= 4 is 17.6 Å². The number of aryl methyl sites for hydroxylation is 1. The van der Waals surface area contributed by atoms with Crippen LogP contribution in [0.4, 0.5) is 14.7 Å². The van der Waals surface area contributed by atoms with E-state index in [2.05, 4.69) is 15.0 Å². The molecule has 10 heteroatoms.